The van der Waals surface area contributed by atoms with Crippen molar-refractivity contribution < 1.29 is 19.2 Å². The van der Waals surface area contributed by atoms with Crippen molar-refractivity contribution in [3.05, 3.63) is 66.7 Å². The van der Waals surface area contributed by atoms with E-state index >= 15 is 0 Å². The minimum atomic E-state index is -0.134. The van der Waals surface area contributed by atoms with Crippen LogP contribution in [-0.2, 0) is 9.59 Å². The van der Waals surface area contributed by atoms with Crippen molar-refractivity contribution in [1.82, 2.24) is 0 Å². The molecule has 6 nitrogen and oxygen atoms in total. The van der Waals surface area contributed by atoms with Crippen LogP contribution in [0.1, 0.15) is 6.92 Å². The number of fused-ring (bicyclic) bond motifs is 1. The lowest BCUT2D eigenvalue weighted by molar-refractivity contribution is -0.881. The Labute approximate surface area is 170 Å². The van der Waals surface area contributed by atoms with Gasteiger partial charge in [0.25, 0.3) is 11.8 Å². The van der Waals surface area contributed by atoms with E-state index in [4.69, 9.17) is 4.74 Å². The molecule has 6 heteroatoms. The second kappa shape index (κ2) is 9.71. The van der Waals surface area contributed by atoms with Crippen molar-refractivity contribution in [3.63, 3.8) is 0 Å². The summed E-state index contributed by atoms with van der Waals surface area (Å²) >= 11 is 0. The van der Waals surface area contributed by atoms with Gasteiger partial charge in [-0.1, -0.05) is 36.4 Å². The van der Waals surface area contributed by atoms with Crippen molar-refractivity contribution in [3.8, 4) is 5.75 Å². The highest BCUT2D eigenvalue weighted by atomic mass is 16.5. The van der Waals surface area contributed by atoms with Crippen molar-refractivity contribution in [2.24, 2.45) is 0 Å². The van der Waals surface area contributed by atoms with E-state index < -0.39 is 0 Å². The molecule has 1 unspecified atom stereocenters. The van der Waals surface area contributed by atoms with Gasteiger partial charge in [0.1, 0.15) is 5.75 Å². The summed E-state index contributed by atoms with van der Waals surface area (Å²) in [4.78, 5) is 25.8. The molecule has 0 spiro atoms. The van der Waals surface area contributed by atoms with Crippen molar-refractivity contribution >= 4 is 34.0 Å². The summed E-state index contributed by atoms with van der Waals surface area (Å²) in [5.74, 6) is 0.481. The average Bonchev–Trinajstić information content (AvgIpc) is 2.74. The number of methoxy groups -OCH3 is 1. The van der Waals surface area contributed by atoms with E-state index in [1.54, 1.807) is 31.4 Å². The largest absolute Gasteiger partial charge is 0.497 e. The van der Waals surface area contributed by atoms with Crippen LogP contribution in [0, 0.1) is 0 Å². The molecule has 3 aromatic carbocycles. The molecule has 0 radical (unpaired) electrons. The molecule has 0 saturated heterocycles. The maximum absolute atomic E-state index is 12.6. The summed E-state index contributed by atoms with van der Waals surface area (Å²) < 4.78 is 5.11. The fourth-order valence-electron chi connectivity index (χ4n) is 3.17. The first-order chi connectivity index (χ1) is 14.1. The van der Waals surface area contributed by atoms with Crippen molar-refractivity contribution in [2.45, 2.75) is 6.92 Å². The van der Waals surface area contributed by atoms with Crippen LogP contribution in [-0.4, -0.2) is 38.6 Å². The van der Waals surface area contributed by atoms with E-state index in [-0.39, 0.29) is 24.9 Å². The van der Waals surface area contributed by atoms with Crippen molar-refractivity contribution in [2.75, 3.05) is 37.4 Å². The van der Waals surface area contributed by atoms with E-state index in [1.807, 2.05) is 49.4 Å². The second-order valence-corrected chi connectivity index (χ2v) is 6.81. The molecule has 2 amide bonds. The summed E-state index contributed by atoms with van der Waals surface area (Å²) in [5, 5.41) is 7.91. The average molecular weight is 392 g/mol. The number of benzene rings is 3. The van der Waals surface area contributed by atoms with Gasteiger partial charge in [-0.3, -0.25) is 9.59 Å². The van der Waals surface area contributed by atoms with Crippen LogP contribution < -0.4 is 20.3 Å². The number of anilines is 2. The van der Waals surface area contributed by atoms with Crippen molar-refractivity contribution in [1.29, 1.82) is 0 Å². The smallest absolute Gasteiger partial charge is 0.279 e. The van der Waals surface area contributed by atoms with E-state index in [9.17, 15) is 9.59 Å². The molecule has 0 heterocycles. The number of hydrogen-bond acceptors (Lipinski definition) is 3. The quantitative estimate of drug-likeness (QED) is 0.551. The number of ether oxygens (including phenoxy) is 1. The highest BCUT2D eigenvalue weighted by Crippen LogP contribution is 2.22. The molecule has 1 atom stereocenters. The van der Waals surface area contributed by atoms with Crippen LogP contribution in [0.25, 0.3) is 10.8 Å². The molecule has 0 aliphatic rings. The third kappa shape index (κ3) is 5.56. The first kappa shape index (κ1) is 20.4. The highest BCUT2D eigenvalue weighted by Gasteiger charge is 2.17. The minimum absolute atomic E-state index is 0.115. The highest BCUT2D eigenvalue weighted by molar-refractivity contribution is 6.02. The number of carbonyl (C=O) groups is 2. The second-order valence-electron chi connectivity index (χ2n) is 6.81. The van der Waals surface area contributed by atoms with Gasteiger partial charge in [0.2, 0.25) is 0 Å². The van der Waals surface area contributed by atoms with E-state index in [1.165, 1.54) is 0 Å². The van der Waals surface area contributed by atoms with Gasteiger partial charge in [0.05, 0.1) is 13.7 Å². The molecule has 0 aliphatic carbocycles. The number of amides is 2. The molecule has 0 fully saturated rings. The molecule has 0 saturated carbocycles. The van der Waals surface area contributed by atoms with E-state index in [0.717, 1.165) is 27.1 Å². The summed E-state index contributed by atoms with van der Waals surface area (Å²) in [6, 6.07) is 20.9. The van der Waals surface area contributed by atoms with E-state index in [2.05, 4.69) is 10.6 Å². The number of nitrogens with one attached hydrogen (secondary N) is 3. The Morgan fingerprint density at radius 1 is 0.862 bits per heavy atom. The molecule has 0 bridgehead atoms. The molecule has 0 aromatic heterocycles. The monoisotopic (exact) mass is 392 g/mol. The predicted octanol–water partition coefficient (Wildman–Crippen LogP) is 2.33. The first-order valence-corrected chi connectivity index (χ1v) is 9.64. The maximum atomic E-state index is 12.6. The molecule has 150 valence electrons. The van der Waals surface area contributed by atoms with Gasteiger partial charge in [-0.2, -0.15) is 0 Å². The Kier molecular flexibility index (Phi) is 6.81. The zero-order valence-electron chi connectivity index (χ0n) is 16.7. The first-order valence-electron chi connectivity index (χ1n) is 9.64. The van der Waals surface area contributed by atoms with Gasteiger partial charge >= 0.3 is 0 Å². The van der Waals surface area contributed by atoms with Crippen LogP contribution >= 0.6 is 0 Å². The third-order valence-electron chi connectivity index (χ3n) is 4.76. The van der Waals surface area contributed by atoms with E-state index in [0.29, 0.717) is 12.2 Å². The Morgan fingerprint density at radius 2 is 1.52 bits per heavy atom. The van der Waals surface area contributed by atoms with Gasteiger partial charge in [0.15, 0.2) is 13.1 Å². The lowest BCUT2D eigenvalue weighted by atomic mass is 10.1. The van der Waals surface area contributed by atoms with Crippen LogP contribution in [0.5, 0.6) is 5.75 Å². The third-order valence-corrected chi connectivity index (χ3v) is 4.76. The minimum Gasteiger partial charge on any atom is -0.497 e. The van der Waals surface area contributed by atoms with Crippen LogP contribution in [0.3, 0.4) is 0 Å². The SMILES string of the molecule is CC[NH+](CC(=O)Nc1ccc(OC)cc1)CC(=O)Nc1cccc2ccccc12. The standard InChI is InChI=1S/C23H25N3O3/c1-3-26(15-22(27)24-18-11-13-19(29-2)14-12-18)16-23(28)25-21-10-6-8-17-7-4-5-9-20(17)21/h4-14H,3,15-16H2,1-2H3,(H,24,27)(H,25,28)/p+1. The normalized spacial score (nSPS) is 11.7. The predicted molar refractivity (Wildman–Crippen MR) is 115 cm³/mol. The van der Waals surface area contributed by atoms with Gasteiger partial charge < -0.3 is 20.3 Å². The fourth-order valence-corrected chi connectivity index (χ4v) is 3.17. The number of hydrogen-bond donors (Lipinski definition) is 3. The van der Waals surface area contributed by atoms with Crippen LogP contribution in [0.4, 0.5) is 11.4 Å². The lowest BCUT2D eigenvalue weighted by Gasteiger charge is -2.17. The molecule has 3 aromatic rings. The summed E-state index contributed by atoms with van der Waals surface area (Å²) in [6.45, 7) is 3.06. The zero-order valence-corrected chi connectivity index (χ0v) is 16.7. The Balaban J connectivity index is 1.57. The molecule has 3 N–H and O–H groups in total. The lowest BCUT2D eigenvalue weighted by Crippen LogP contribution is -3.13. The Hall–Kier alpha value is -3.38. The number of carbonyl (C=O) groups excluding carboxylic acids is 2. The van der Waals surface area contributed by atoms with Gasteiger partial charge in [-0.15, -0.1) is 0 Å². The topological polar surface area (TPSA) is 71.9 Å². The maximum Gasteiger partial charge on any atom is 0.279 e. The van der Waals surface area contributed by atoms with Gasteiger partial charge in [0, 0.05) is 16.8 Å². The molecular formula is C23H26N3O3+. The number of quaternary nitrogens is 1. The van der Waals surface area contributed by atoms with Crippen LogP contribution in [0.2, 0.25) is 0 Å². The summed E-state index contributed by atoms with van der Waals surface area (Å²) in [6.07, 6.45) is 0. The van der Waals surface area contributed by atoms with Crippen LogP contribution in [0.15, 0.2) is 66.7 Å². The number of likely N-dealkylation sites (N-methyl/N-ethyl adjacent to an activating group) is 1. The van der Waals surface area contributed by atoms with Gasteiger partial charge in [-0.25, -0.2) is 0 Å². The van der Waals surface area contributed by atoms with Gasteiger partial charge in [-0.05, 0) is 42.6 Å². The summed E-state index contributed by atoms with van der Waals surface area (Å²) in [7, 11) is 1.60. The molecule has 29 heavy (non-hydrogen) atoms. The fraction of sp³-hybridized carbons (Fsp3) is 0.217. The molecule has 0 aliphatic heterocycles. The Bertz CT molecular complexity index is 981. The number of rotatable bonds is 8. The zero-order chi connectivity index (χ0) is 20.6. The molecular weight excluding hydrogens is 366 g/mol. The Morgan fingerprint density at radius 3 is 2.21 bits per heavy atom. The molecule has 3 rings (SSSR count). The summed E-state index contributed by atoms with van der Waals surface area (Å²) in [5.41, 5.74) is 1.48.